The van der Waals surface area contributed by atoms with E-state index >= 15 is 0 Å². The van der Waals surface area contributed by atoms with Gasteiger partial charge >= 0.3 is 0 Å². The van der Waals surface area contributed by atoms with Gasteiger partial charge in [0, 0.05) is 6.42 Å². The maximum Gasteiger partial charge on any atom is 0.220 e. The molecule has 0 radical (unpaired) electrons. The van der Waals surface area contributed by atoms with Crippen molar-refractivity contribution in [2.75, 3.05) is 13.2 Å². The summed E-state index contributed by atoms with van der Waals surface area (Å²) in [4.78, 5) is 12.9. The molecule has 1 aliphatic rings. The molecule has 1 aliphatic heterocycles. The van der Waals surface area contributed by atoms with Crippen LogP contribution in [-0.4, -0.2) is 87.5 Å². The van der Waals surface area contributed by atoms with Crippen LogP contribution in [0.15, 0.2) is 0 Å². The zero-order valence-electron chi connectivity index (χ0n) is 31.0. The lowest BCUT2D eigenvalue weighted by Gasteiger charge is -2.40. The molecule has 1 fully saturated rings. The number of amides is 1. The third-order valence-corrected chi connectivity index (χ3v) is 9.96. The van der Waals surface area contributed by atoms with E-state index < -0.39 is 49.5 Å². The van der Waals surface area contributed by atoms with Crippen LogP contribution in [0.1, 0.15) is 187 Å². The molecule has 1 rings (SSSR count). The van der Waals surface area contributed by atoms with Gasteiger partial charge in [0.2, 0.25) is 5.91 Å². The average molecular weight is 688 g/mol. The molecule has 9 heteroatoms. The minimum absolute atomic E-state index is 0.133. The van der Waals surface area contributed by atoms with E-state index in [2.05, 4.69) is 19.2 Å². The Morgan fingerprint density at radius 1 is 0.625 bits per heavy atom. The van der Waals surface area contributed by atoms with Crippen LogP contribution in [0.2, 0.25) is 0 Å². The zero-order valence-corrected chi connectivity index (χ0v) is 31.0. The number of hydrogen-bond acceptors (Lipinski definition) is 8. The molecule has 1 amide bonds. The van der Waals surface area contributed by atoms with Crippen molar-refractivity contribution in [1.82, 2.24) is 5.32 Å². The number of ether oxygens (including phenoxy) is 2. The Kier molecular flexibility index (Phi) is 29.2. The Morgan fingerprint density at radius 3 is 1.48 bits per heavy atom. The summed E-state index contributed by atoms with van der Waals surface area (Å²) in [5, 5.41) is 53.9. The molecule has 0 bridgehead atoms. The summed E-state index contributed by atoms with van der Waals surface area (Å²) in [6.07, 6.45) is 24.1. The van der Waals surface area contributed by atoms with E-state index in [-0.39, 0.29) is 12.5 Å². The molecule has 0 aromatic rings. The van der Waals surface area contributed by atoms with Crippen LogP contribution in [0.5, 0.6) is 0 Å². The van der Waals surface area contributed by atoms with Crippen molar-refractivity contribution in [3.05, 3.63) is 0 Å². The number of carbonyl (C=O) groups excluding carboxylic acids is 1. The van der Waals surface area contributed by atoms with Crippen molar-refractivity contribution >= 4 is 5.91 Å². The molecule has 7 atom stereocenters. The van der Waals surface area contributed by atoms with Gasteiger partial charge in [-0.15, -0.1) is 0 Å². The van der Waals surface area contributed by atoms with Gasteiger partial charge in [0.1, 0.15) is 24.4 Å². The Bertz CT molecular complexity index is 726. The molecule has 0 aromatic carbocycles. The summed E-state index contributed by atoms with van der Waals surface area (Å²) in [6.45, 7) is 3.79. The summed E-state index contributed by atoms with van der Waals surface area (Å²) in [5.41, 5.74) is 0. The largest absolute Gasteiger partial charge is 0.394 e. The molecule has 0 aromatic heterocycles. The SMILES string of the molecule is CCCCCCCCCCCCCCCCCCCC(=O)NC(COC1OC(CO)C(O)C(O)C1O)C(O)CCCCCCCCCC. The molecule has 7 unspecified atom stereocenters. The third kappa shape index (κ3) is 22.1. The molecule has 9 nitrogen and oxygen atoms in total. The molecular weight excluding hydrogens is 610 g/mol. The molecule has 1 heterocycles. The van der Waals surface area contributed by atoms with Crippen LogP contribution < -0.4 is 5.32 Å². The highest BCUT2D eigenvalue weighted by Gasteiger charge is 2.44. The summed E-state index contributed by atoms with van der Waals surface area (Å²) < 4.78 is 11.2. The first-order chi connectivity index (χ1) is 23.3. The van der Waals surface area contributed by atoms with Crippen molar-refractivity contribution in [3.8, 4) is 0 Å². The van der Waals surface area contributed by atoms with Gasteiger partial charge in [0.05, 0.1) is 25.4 Å². The first-order valence-electron chi connectivity index (χ1n) is 20.2. The highest BCUT2D eigenvalue weighted by Crippen LogP contribution is 2.23. The topological polar surface area (TPSA) is 149 Å². The summed E-state index contributed by atoms with van der Waals surface area (Å²) in [7, 11) is 0. The first kappa shape index (κ1) is 45.2. The summed E-state index contributed by atoms with van der Waals surface area (Å²) >= 11 is 0. The number of nitrogens with one attached hydrogen (secondary N) is 1. The van der Waals surface area contributed by atoms with Crippen molar-refractivity contribution in [3.63, 3.8) is 0 Å². The monoisotopic (exact) mass is 688 g/mol. The number of aliphatic hydroxyl groups excluding tert-OH is 5. The Balaban J connectivity index is 2.31. The minimum atomic E-state index is -1.55. The smallest absolute Gasteiger partial charge is 0.220 e. The van der Waals surface area contributed by atoms with Crippen molar-refractivity contribution in [2.24, 2.45) is 0 Å². The van der Waals surface area contributed by atoms with Gasteiger partial charge in [0.25, 0.3) is 0 Å². The standard InChI is InChI=1S/C39H77NO8/c1-3-5-7-9-11-13-14-15-16-17-18-19-20-21-23-25-27-29-35(43)40-32(33(42)28-26-24-22-12-10-8-6-4-2)31-47-39-38(46)37(45)36(44)34(30-41)48-39/h32-34,36-39,41-42,44-46H,3-31H2,1-2H3,(H,40,43). The number of hydrogen-bond donors (Lipinski definition) is 6. The zero-order chi connectivity index (χ0) is 35.2. The van der Waals surface area contributed by atoms with E-state index in [1.165, 1.54) is 122 Å². The summed E-state index contributed by atoms with van der Waals surface area (Å²) in [5.74, 6) is -0.145. The van der Waals surface area contributed by atoms with E-state index in [1.54, 1.807) is 0 Å². The Morgan fingerprint density at radius 2 is 1.04 bits per heavy atom. The van der Waals surface area contributed by atoms with Crippen LogP contribution >= 0.6 is 0 Å². The lowest BCUT2D eigenvalue weighted by molar-refractivity contribution is -0.302. The molecule has 0 spiro atoms. The van der Waals surface area contributed by atoms with Gasteiger partial charge in [-0.05, 0) is 12.8 Å². The van der Waals surface area contributed by atoms with E-state index in [0.717, 1.165) is 38.5 Å². The maximum absolute atomic E-state index is 12.9. The number of rotatable bonds is 33. The second-order valence-electron chi connectivity index (χ2n) is 14.4. The van der Waals surface area contributed by atoms with Gasteiger partial charge in [-0.3, -0.25) is 4.79 Å². The fraction of sp³-hybridized carbons (Fsp3) is 0.974. The van der Waals surface area contributed by atoms with Crippen LogP contribution in [0.4, 0.5) is 0 Å². The molecule has 0 saturated carbocycles. The van der Waals surface area contributed by atoms with Crippen molar-refractivity contribution < 1.29 is 39.8 Å². The number of carbonyl (C=O) groups is 1. The van der Waals surface area contributed by atoms with Crippen LogP contribution in [-0.2, 0) is 14.3 Å². The molecule has 0 aliphatic carbocycles. The maximum atomic E-state index is 12.9. The predicted octanol–water partition coefficient (Wildman–Crippen LogP) is 7.22. The molecule has 6 N–H and O–H groups in total. The highest BCUT2D eigenvalue weighted by molar-refractivity contribution is 5.76. The average Bonchev–Trinajstić information content (AvgIpc) is 3.08. The Labute approximate surface area is 294 Å². The second-order valence-corrected chi connectivity index (χ2v) is 14.4. The van der Waals surface area contributed by atoms with Crippen LogP contribution in [0, 0.1) is 0 Å². The van der Waals surface area contributed by atoms with Crippen LogP contribution in [0.25, 0.3) is 0 Å². The van der Waals surface area contributed by atoms with E-state index in [1.807, 2.05) is 0 Å². The van der Waals surface area contributed by atoms with Gasteiger partial charge in [-0.1, -0.05) is 168 Å². The number of aliphatic hydroxyl groups is 5. The van der Waals surface area contributed by atoms with Crippen molar-refractivity contribution in [2.45, 2.75) is 230 Å². The fourth-order valence-corrected chi connectivity index (χ4v) is 6.63. The lowest BCUT2D eigenvalue weighted by Crippen LogP contribution is -2.60. The normalized spacial score (nSPS) is 22.5. The van der Waals surface area contributed by atoms with Crippen LogP contribution in [0.3, 0.4) is 0 Å². The fourth-order valence-electron chi connectivity index (χ4n) is 6.63. The molecule has 286 valence electrons. The van der Waals surface area contributed by atoms with E-state index in [4.69, 9.17) is 9.47 Å². The van der Waals surface area contributed by atoms with Gasteiger partial charge in [0.15, 0.2) is 6.29 Å². The lowest BCUT2D eigenvalue weighted by atomic mass is 9.99. The molecule has 48 heavy (non-hydrogen) atoms. The predicted molar refractivity (Wildman–Crippen MR) is 194 cm³/mol. The highest BCUT2D eigenvalue weighted by atomic mass is 16.7. The van der Waals surface area contributed by atoms with Gasteiger partial charge in [-0.25, -0.2) is 0 Å². The van der Waals surface area contributed by atoms with Crippen molar-refractivity contribution in [1.29, 1.82) is 0 Å². The molecule has 1 saturated heterocycles. The van der Waals surface area contributed by atoms with Gasteiger partial charge in [-0.2, -0.15) is 0 Å². The third-order valence-electron chi connectivity index (χ3n) is 9.96. The first-order valence-corrected chi connectivity index (χ1v) is 20.2. The van der Waals surface area contributed by atoms with E-state index in [9.17, 15) is 30.3 Å². The van der Waals surface area contributed by atoms with Gasteiger partial charge < -0.3 is 40.3 Å². The second kappa shape index (κ2) is 31.0. The molecular formula is C39H77NO8. The minimum Gasteiger partial charge on any atom is -0.394 e. The number of unbranched alkanes of at least 4 members (excludes halogenated alkanes) is 23. The Hall–Kier alpha value is -0.810. The summed E-state index contributed by atoms with van der Waals surface area (Å²) in [6, 6.07) is -0.708. The van der Waals surface area contributed by atoms with E-state index in [0.29, 0.717) is 12.8 Å². The quantitative estimate of drug-likeness (QED) is 0.0396.